The van der Waals surface area contributed by atoms with Gasteiger partial charge < -0.3 is 9.32 Å². The molecule has 0 aliphatic heterocycles. The molecular formula is C23H29N3O2. The maximum absolute atomic E-state index is 13.4. The van der Waals surface area contributed by atoms with Gasteiger partial charge in [-0.25, -0.2) is 4.68 Å². The van der Waals surface area contributed by atoms with Crippen LogP contribution < -0.4 is 0 Å². The third-order valence-electron chi connectivity index (χ3n) is 4.78. The fourth-order valence-electron chi connectivity index (χ4n) is 3.47. The van der Waals surface area contributed by atoms with Gasteiger partial charge in [-0.2, -0.15) is 5.10 Å². The van der Waals surface area contributed by atoms with E-state index in [0.29, 0.717) is 17.1 Å². The fraction of sp³-hybridized carbons (Fsp3) is 0.391. The first-order valence-electron chi connectivity index (χ1n) is 9.98. The number of aromatic nitrogens is 2. The Bertz CT molecular complexity index is 962. The molecule has 0 atom stereocenters. The van der Waals surface area contributed by atoms with Crippen molar-refractivity contribution in [3.63, 3.8) is 0 Å². The van der Waals surface area contributed by atoms with Crippen LogP contribution in [0.25, 0.3) is 17.1 Å². The molecule has 0 bridgehead atoms. The van der Waals surface area contributed by atoms with Crippen LogP contribution in [-0.4, -0.2) is 33.7 Å². The van der Waals surface area contributed by atoms with Crippen molar-refractivity contribution in [2.45, 2.75) is 47.5 Å². The van der Waals surface area contributed by atoms with E-state index in [0.717, 1.165) is 42.9 Å². The summed E-state index contributed by atoms with van der Waals surface area (Å²) in [5.74, 6) is 1.50. The summed E-state index contributed by atoms with van der Waals surface area (Å²) in [5.41, 5.74) is 4.41. The van der Waals surface area contributed by atoms with Gasteiger partial charge in [-0.3, -0.25) is 4.79 Å². The SMILES string of the molecule is CCCN(CCC)C(=O)c1cc(-c2ccc(C)o2)nn1-c1ccc(C)cc1C. The molecule has 1 amide bonds. The molecule has 2 heterocycles. The largest absolute Gasteiger partial charge is 0.460 e. The third-order valence-corrected chi connectivity index (χ3v) is 4.78. The molecule has 1 aromatic carbocycles. The van der Waals surface area contributed by atoms with Crippen molar-refractivity contribution in [1.82, 2.24) is 14.7 Å². The second-order valence-electron chi connectivity index (χ2n) is 7.32. The Labute approximate surface area is 167 Å². The number of benzene rings is 1. The van der Waals surface area contributed by atoms with E-state index >= 15 is 0 Å². The van der Waals surface area contributed by atoms with Gasteiger partial charge in [-0.15, -0.1) is 0 Å². The number of aryl methyl sites for hydroxylation is 3. The topological polar surface area (TPSA) is 51.3 Å². The number of carbonyl (C=O) groups is 1. The molecule has 0 aliphatic rings. The highest BCUT2D eigenvalue weighted by atomic mass is 16.3. The first kappa shape index (κ1) is 19.9. The molecule has 3 aromatic rings. The van der Waals surface area contributed by atoms with Crippen LogP contribution in [0.4, 0.5) is 0 Å². The molecule has 5 heteroatoms. The maximum Gasteiger partial charge on any atom is 0.272 e. The zero-order chi connectivity index (χ0) is 20.3. The van der Waals surface area contributed by atoms with Gasteiger partial charge in [0.1, 0.15) is 17.1 Å². The summed E-state index contributed by atoms with van der Waals surface area (Å²) in [5, 5.41) is 4.75. The fourth-order valence-corrected chi connectivity index (χ4v) is 3.47. The number of hydrogen-bond donors (Lipinski definition) is 0. The molecule has 0 saturated heterocycles. The summed E-state index contributed by atoms with van der Waals surface area (Å²) in [6.07, 6.45) is 1.85. The van der Waals surface area contributed by atoms with Crippen LogP contribution in [0.2, 0.25) is 0 Å². The lowest BCUT2D eigenvalue weighted by Crippen LogP contribution is -2.34. The highest BCUT2D eigenvalue weighted by Gasteiger charge is 2.23. The van der Waals surface area contributed by atoms with Crippen molar-refractivity contribution in [2.24, 2.45) is 0 Å². The van der Waals surface area contributed by atoms with Crippen molar-refractivity contribution in [1.29, 1.82) is 0 Å². The van der Waals surface area contributed by atoms with Crippen molar-refractivity contribution in [3.05, 3.63) is 59.0 Å². The molecule has 0 radical (unpaired) electrons. The van der Waals surface area contributed by atoms with E-state index in [9.17, 15) is 4.79 Å². The first-order valence-corrected chi connectivity index (χ1v) is 9.98. The van der Waals surface area contributed by atoms with Gasteiger partial charge in [-0.05, 0) is 57.4 Å². The van der Waals surface area contributed by atoms with E-state index < -0.39 is 0 Å². The standard InChI is InChI=1S/C23H29N3O2/c1-6-12-25(13-7-2)23(27)21-15-19(22-11-9-18(5)28-22)24-26(21)20-10-8-16(3)14-17(20)4/h8-11,14-15H,6-7,12-13H2,1-5H3. The second-order valence-corrected chi connectivity index (χ2v) is 7.32. The average Bonchev–Trinajstić information content (AvgIpc) is 3.27. The number of hydrogen-bond acceptors (Lipinski definition) is 3. The average molecular weight is 380 g/mol. The lowest BCUT2D eigenvalue weighted by Gasteiger charge is -2.22. The Kier molecular flexibility index (Phi) is 6.02. The molecule has 28 heavy (non-hydrogen) atoms. The van der Waals surface area contributed by atoms with Crippen LogP contribution in [0.3, 0.4) is 0 Å². The second kappa shape index (κ2) is 8.46. The Balaban J connectivity index is 2.13. The normalized spacial score (nSPS) is 11.0. The van der Waals surface area contributed by atoms with Crippen molar-refractivity contribution in [3.8, 4) is 17.1 Å². The van der Waals surface area contributed by atoms with Gasteiger partial charge in [-0.1, -0.05) is 31.5 Å². The molecule has 0 saturated carbocycles. The van der Waals surface area contributed by atoms with Crippen LogP contribution >= 0.6 is 0 Å². The molecule has 0 spiro atoms. The Morgan fingerprint density at radius 1 is 1.04 bits per heavy atom. The van der Waals surface area contributed by atoms with Crippen LogP contribution in [0, 0.1) is 20.8 Å². The van der Waals surface area contributed by atoms with Crippen LogP contribution in [0.15, 0.2) is 40.8 Å². The molecule has 3 rings (SSSR count). The monoisotopic (exact) mass is 379 g/mol. The van der Waals surface area contributed by atoms with Crippen LogP contribution in [0.1, 0.15) is 54.1 Å². The summed E-state index contributed by atoms with van der Waals surface area (Å²) >= 11 is 0. The molecule has 0 fully saturated rings. The van der Waals surface area contributed by atoms with Gasteiger partial charge >= 0.3 is 0 Å². The summed E-state index contributed by atoms with van der Waals surface area (Å²) in [7, 11) is 0. The minimum Gasteiger partial charge on any atom is -0.460 e. The summed E-state index contributed by atoms with van der Waals surface area (Å²) in [6.45, 7) is 11.7. The lowest BCUT2D eigenvalue weighted by atomic mass is 10.1. The van der Waals surface area contributed by atoms with Crippen LogP contribution in [-0.2, 0) is 0 Å². The molecular weight excluding hydrogens is 350 g/mol. The van der Waals surface area contributed by atoms with Crippen LogP contribution in [0.5, 0.6) is 0 Å². The van der Waals surface area contributed by atoms with E-state index in [2.05, 4.69) is 26.8 Å². The molecule has 0 aliphatic carbocycles. The van der Waals surface area contributed by atoms with Crippen molar-refractivity contribution >= 4 is 5.91 Å². The smallest absolute Gasteiger partial charge is 0.272 e. The van der Waals surface area contributed by atoms with Gasteiger partial charge in [0.15, 0.2) is 5.76 Å². The summed E-state index contributed by atoms with van der Waals surface area (Å²) in [6, 6.07) is 11.8. The molecule has 5 nitrogen and oxygen atoms in total. The van der Waals surface area contributed by atoms with Gasteiger partial charge in [0.2, 0.25) is 0 Å². The number of carbonyl (C=O) groups excluding carboxylic acids is 1. The number of rotatable bonds is 7. The zero-order valence-corrected chi connectivity index (χ0v) is 17.5. The summed E-state index contributed by atoms with van der Waals surface area (Å²) < 4.78 is 7.52. The predicted octanol–water partition coefficient (Wildman–Crippen LogP) is 5.32. The molecule has 2 aromatic heterocycles. The van der Waals surface area contributed by atoms with E-state index in [1.165, 1.54) is 5.56 Å². The lowest BCUT2D eigenvalue weighted by molar-refractivity contribution is 0.0746. The quantitative estimate of drug-likeness (QED) is 0.558. The number of amides is 1. The van der Waals surface area contributed by atoms with Gasteiger partial charge in [0.25, 0.3) is 5.91 Å². The molecule has 0 unspecified atom stereocenters. The highest BCUT2D eigenvalue weighted by molar-refractivity contribution is 5.94. The molecule has 0 N–H and O–H groups in total. The minimum absolute atomic E-state index is 0.00528. The van der Waals surface area contributed by atoms with Crippen molar-refractivity contribution < 1.29 is 9.21 Å². The van der Waals surface area contributed by atoms with E-state index in [1.54, 1.807) is 4.68 Å². The van der Waals surface area contributed by atoms with Gasteiger partial charge in [0, 0.05) is 19.2 Å². The van der Waals surface area contributed by atoms with Gasteiger partial charge in [0.05, 0.1) is 5.69 Å². The Morgan fingerprint density at radius 3 is 2.32 bits per heavy atom. The maximum atomic E-state index is 13.4. The number of nitrogens with zero attached hydrogens (tertiary/aromatic N) is 3. The first-order chi connectivity index (χ1) is 13.4. The van der Waals surface area contributed by atoms with E-state index in [-0.39, 0.29) is 5.91 Å². The van der Waals surface area contributed by atoms with E-state index in [1.807, 2.05) is 49.1 Å². The Hall–Kier alpha value is -2.82. The third kappa shape index (κ3) is 4.03. The summed E-state index contributed by atoms with van der Waals surface area (Å²) in [4.78, 5) is 15.3. The highest BCUT2D eigenvalue weighted by Crippen LogP contribution is 2.26. The molecule has 148 valence electrons. The minimum atomic E-state index is 0.00528. The van der Waals surface area contributed by atoms with E-state index in [4.69, 9.17) is 9.52 Å². The number of furan rings is 1. The predicted molar refractivity (Wildman–Crippen MR) is 112 cm³/mol. The van der Waals surface area contributed by atoms with Crippen molar-refractivity contribution in [2.75, 3.05) is 13.1 Å². The Morgan fingerprint density at radius 2 is 1.75 bits per heavy atom. The zero-order valence-electron chi connectivity index (χ0n) is 17.5.